The second-order valence-electron chi connectivity index (χ2n) is 7.99. The van der Waals surface area contributed by atoms with E-state index in [-0.39, 0.29) is 12.5 Å². The molecule has 1 aliphatic heterocycles. The van der Waals surface area contributed by atoms with Gasteiger partial charge in [-0.1, -0.05) is 36.4 Å². The quantitative estimate of drug-likeness (QED) is 0.836. The highest BCUT2D eigenvalue weighted by atomic mass is 32.2. The summed E-state index contributed by atoms with van der Waals surface area (Å²) in [5.74, 6) is -0.100. The van der Waals surface area contributed by atoms with Gasteiger partial charge in [-0.15, -0.1) is 0 Å². The van der Waals surface area contributed by atoms with Crippen LogP contribution in [0.25, 0.3) is 0 Å². The third-order valence-electron chi connectivity index (χ3n) is 5.34. The van der Waals surface area contributed by atoms with Gasteiger partial charge in [-0.05, 0) is 62.4 Å². The molecule has 0 aliphatic carbocycles. The predicted octanol–water partition coefficient (Wildman–Crippen LogP) is 3.41. The minimum Gasteiger partial charge on any atom is -0.352 e. The van der Waals surface area contributed by atoms with Gasteiger partial charge >= 0.3 is 0 Å². The molecule has 1 heterocycles. The molecule has 0 saturated carbocycles. The summed E-state index contributed by atoms with van der Waals surface area (Å²) in [6, 6.07) is 15.1. The second kappa shape index (κ2) is 8.05. The number of carbonyl (C=O) groups excluding carboxylic acids is 1. The van der Waals surface area contributed by atoms with E-state index >= 15 is 0 Å². The smallest absolute Gasteiger partial charge is 0.243 e. The second-order valence-corrected chi connectivity index (χ2v) is 9.93. The lowest BCUT2D eigenvalue weighted by Gasteiger charge is -2.38. The highest BCUT2D eigenvalue weighted by Gasteiger charge is 2.41. The van der Waals surface area contributed by atoms with Crippen LogP contribution in [0.2, 0.25) is 0 Å². The fourth-order valence-corrected chi connectivity index (χ4v) is 5.60. The Kier molecular flexibility index (Phi) is 5.91. The van der Waals surface area contributed by atoms with E-state index in [0.717, 1.165) is 16.7 Å². The molecule has 150 valence electrons. The van der Waals surface area contributed by atoms with Crippen molar-refractivity contribution in [1.82, 2.24) is 9.62 Å². The lowest BCUT2D eigenvalue weighted by Crippen LogP contribution is -2.51. The van der Waals surface area contributed by atoms with E-state index in [2.05, 4.69) is 5.32 Å². The molecule has 0 spiro atoms. The Labute approximate surface area is 167 Å². The SMILES string of the molecule is Cc1cc(C)cc(S(=O)(=O)N2CCC[C@](C)(C(=O)NCc3ccccc3)C2)c1. The van der Waals surface area contributed by atoms with Crippen LogP contribution in [-0.2, 0) is 21.4 Å². The Bertz CT molecular complexity index is 937. The number of sulfonamides is 1. The first-order chi connectivity index (χ1) is 13.2. The molecule has 28 heavy (non-hydrogen) atoms. The van der Waals surface area contributed by atoms with Crippen LogP contribution in [-0.4, -0.2) is 31.7 Å². The third kappa shape index (κ3) is 4.45. The molecule has 1 fully saturated rings. The fourth-order valence-electron chi connectivity index (χ4n) is 3.81. The van der Waals surface area contributed by atoms with E-state index in [1.54, 1.807) is 12.1 Å². The average molecular weight is 401 g/mol. The minimum atomic E-state index is -3.63. The van der Waals surface area contributed by atoms with E-state index in [9.17, 15) is 13.2 Å². The van der Waals surface area contributed by atoms with E-state index < -0.39 is 15.4 Å². The average Bonchev–Trinajstić information content (AvgIpc) is 2.66. The Morgan fingerprint density at radius 3 is 2.39 bits per heavy atom. The van der Waals surface area contributed by atoms with Crippen molar-refractivity contribution < 1.29 is 13.2 Å². The maximum atomic E-state index is 13.2. The normalized spacial score (nSPS) is 20.7. The number of rotatable bonds is 5. The lowest BCUT2D eigenvalue weighted by molar-refractivity contribution is -0.132. The third-order valence-corrected chi connectivity index (χ3v) is 7.16. The van der Waals surface area contributed by atoms with E-state index in [1.165, 1.54) is 4.31 Å². The topological polar surface area (TPSA) is 66.5 Å². The first-order valence-electron chi connectivity index (χ1n) is 9.61. The van der Waals surface area contributed by atoms with Gasteiger partial charge in [0.05, 0.1) is 10.3 Å². The monoisotopic (exact) mass is 400 g/mol. The number of hydrogen-bond donors (Lipinski definition) is 1. The Balaban J connectivity index is 1.75. The van der Waals surface area contributed by atoms with Crippen molar-refractivity contribution in [3.05, 3.63) is 65.2 Å². The van der Waals surface area contributed by atoms with Gasteiger partial charge in [-0.25, -0.2) is 8.42 Å². The van der Waals surface area contributed by atoms with Crippen LogP contribution in [0.3, 0.4) is 0 Å². The molecule has 0 radical (unpaired) electrons. The molecule has 1 saturated heterocycles. The fraction of sp³-hybridized carbons (Fsp3) is 0.409. The summed E-state index contributed by atoms with van der Waals surface area (Å²) in [6.45, 7) is 6.72. The van der Waals surface area contributed by atoms with Crippen molar-refractivity contribution in [1.29, 1.82) is 0 Å². The summed E-state index contributed by atoms with van der Waals surface area (Å²) >= 11 is 0. The molecule has 2 aromatic rings. The first-order valence-corrected chi connectivity index (χ1v) is 11.1. The molecule has 0 bridgehead atoms. The molecule has 6 heteroatoms. The zero-order valence-corrected chi connectivity index (χ0v) is 17.6. The highest BCUT2D eigenvalue weighted by Crippen LogP contribution is 2.33. The van der Waals surface area contributed by atoms with Crippen molar-refractivity contribution in [2.24, 2.45) is 5.41 Å². The number of hydrogen-bond acceptors (Lipinski definition) is 3. The molecule has 2 aromatic carbocycles. The minimum absolute atomic E-state index is 0.100. The van der Waals surface area contributed by atoms with E-state index in [4.69, 9.17) is 0 Å². The predicted molar refractivity (Wildman–Crippen MR) is 110 cm³/mol. The molecule has 1 N–H and O–H groups in total. The molecule has 0 unspecified atom stereocenters. The standard InChI is InChI=1S/C22H28N2O3S/c1-17-12-18(2)14-20(13-17)28(26,27)24-11-7-10-22(3,16-24)21(25)23-15-19-8-5-4-6-9-19/h4-6,8-9,12-14H,7,10-11,15-16H2,1-3H3,(H,23,25)/t22-/m0/s1. The van der Waals surface area contributed by atoms with Crippen molar-refractivity contribution in [3.8, 4) is 0 Å². The Hall–Kier alpha value is -2.18. The highest BCUT2D eigenvalue weighted by molar-refractivity contribution is 7.89. The van der Waals surface area contributed by atoms with Crippen molar-refractivity contribution in [2.75, 3.05) is 13.1 Å². The summed E-state index contributed by atoms with van der Waals surface area (Å²) in [5.41, 5.74) is 2.12. The number of nitrogens with one attached hydrogen (secondary N) is 1. The van der Waals surface area contributed by atoms with Gasteiger partial charge in [0.25, 0.3) is 0 Å². The Morgan fingerprint density at radius 1 is 1.11 bits per heavy atom. The summed E-state index contributed by atoms with van der Waals surface area (Å²) in [5, 5.41) is 2.98. The van der Waals surface area contributed by atoms with Crippen LogP contribution < -0.4 is 5.32 Å². The van der Waals surface area contributed by atoms with Crippen LogP contribution in [0.5, 0.6) is 0 Å². The van der Waals surface area contributed by atoms with Gasteiger partial charge in [-0.2, -0.15) is 4.31 Å². The van der Waals surface area contributed by atoms with Gasteiger partial charge in [0.1, 0.15) is 0 Å². The number of benzene rings is 2. The number of nitrogens with zero attached hydrogens (tertiary/aromatic N) is 1. The molecule has 5 nitrogen and oxygen atoms in total. The summed E-state index contributed by atoms with van der Waals surface area (Å²) < 4.78 is 27.8. The number of piperidine rings is 1. The van der Waals surface area contributed by atoms with Gasteiger partial charge in [0, 0.05) is 19.6 Å². The number of amides is 1. The van der Waals surface area contributed by atoms with E-state index in [1.807, 2.05) is 57.2 Å². The zero-order chi connectivity index (χ0) is 20.4. The maximum Gasteiger partial charge on any atom is 0.243 e. The van der Waals surface area contributed by atoms with Gasteiger partial charge in [-0.3, -0.25) is 4.79 Å². The van der Waals surface area contributed by atoms with Crippen LogP contribution in [0.1, 0.15) is 36.5 Å². The molecule has 1 aliphatic rings. The number of carbonyl (C=O) groups is 1. The Morgan fingerprint density at radius 2 is 1.75 bits per heavy atom. The molecule has 0 aromatic heterocycles. The summed E-state index contributed by atoms with van der Waals surface area (Å²) in [7, 11) is -3.63. The van der Waals surface area contributed by atoms with Crippen molar-refractivity contribution in [2.45, 2.75) is 45.1 Å². The largest absolute Gasteiger partial charge is 0.352 e. The lowest BCUT2D eigenvalue weighted by atomic mass is 9.82. The summed E-state index contributed by atoms with van der Waals surface area (Å²) in [4.78, 5) is 13.2. The van der Waals surface area contributed by atoms with Crippen LogP contribution in [0.15, 0.2) is 53.4 Å². The van der Waals surface area contributed by atoms with Crippen LogP contribution in [0.4, 0.5) is 0 Å². The number of aryl methyl sites for hydroxylation is 2. The molecule has 3 rings (SSSR count). The molecule has 1 amide bonds. The molecular formula is C22H28N2O3S. The molecule has 1 atom stereocenters. The van der Waals surface area contributed by atoms with Gasteiger partial charge in [0.15, 0.2) is 0 Å². The maximum absolute atomic E-state index is 13.2. The zero-order valence-electron chi connectivity index (χ0n) is 16.7. The van der Waals surface area contributed by atoms with Crippen molar-refractivity contribution in [3.63, 3.8) is 0 Å². The summed E-state index contributed by atoms with van der Waals surface area (Å²) in [6.07, 6.45) is 1.34. The van der Waals surface area contributed by atoms with Crippen LogP contribution in [0, 0.1) is 19.3 Å². The van der Waals surface area contributed by atoms with Crippen LogP contribution >= 0.6 is 0 Å². The van der Waals surface area contributed by atoms with E-state index in [0.29, 0.717) is 30.8 Å². The van der Waals surface area contributed by atoms with Crippen molar-refractivity contribution >= 4 is 15.9 Å². The molecular weight excluding hydrogens is 372 g/mol. The van der Waals surface area contributed by atoms with Gasteiger partial charge < -0.3 is 5.32 Å². The van der Waals surface area contributed by atoms with Gasteiger partial charge in [0.2, 0.25) is 15.9 Å². The first kappa shape index (κ1) is 20.6.